The SMILES string of the molecule is C[n+]1coc(NC(N)=O)c1. The van der Waals surface area contributed by atoms with Gasteiger partial charge in [0, 0.05) is 0 Å². The van der Waals surface area contributed by atoms with Crippen LogP contribution in [0.5, 0.6) is 0 Å². The van der Waals surface area contributed by atoms with Gasteiger partial charge in [-0.25, -0.2) is 4.79 Å². The second kappa shape index (κ2) is 2.38. The molecule has 0 spiro atoms. The summed E-state index contributed by atoms with van der Waals surface area (Å²) in [5.41, 5.74) is 4.81. The number of nitrogens with zero attached hydrogens (tertiary/aromatic N) is 1. The number of amides is 2. The summed E-state index contributed by atoms with van der Waals surface area (Å²) in [4.78, 5) is 10.2. The Kier molecular flexibility index (Phi) is 1.57. The molecule has 54 valence electrons. The molecule has 0 fully saturated rings. The summed E-state index contributed by atoms with van der Waals surface area (Å²) in [6.45, 7) is 0. The Hall–Kier alpha value is -1.52. The fraction of sp³-hybridized carbons (Fsp3) is 0.200. The highest BCUT2D eigenvalue weighted by molar-refractivity contribution is 5.85. The highest BCUT2D eigenvalue weighted by atomic mass is 16.4. The summed E-state index contributed by atoms with van der Waals surface area (Å²) < 4.78 is 6.48. The van der Waals surface area contributed by atoms with Crippen LogP contribution in [-0.2, 0) is 7.05 Å². The van der Waals surface area contributed by atoms with Gasteiger partial charge in [-0.3, -0.25) is 5.32 Å². The first-order valence-electron chi connectivity index (χ1n) is 2.68. The standard InChI is InChI=1S/C5H7N3O2/c1-8-2-4(10-3-8)7-5(6)9/h2-3H,1H3,(H2-,6,7,9)/p+1. The average molecular weight is 142 g/mol. The molecule has 0 atom stereocenters. The molecular weight excluding hydrogens is 134 g/mol. The minimum atomic E-state index is -0.630. The summed E-state index contributed by atoms with van der Waals surface area (Å²) in [5.74, 6) is 0.343. The van der Waals surface area contributed by atoms with Crippen molar-refractivity contribution in [3.05, 3.63) is 12.6 Å². The summed E-state index contributed by atoms with van der Waals surface area (Å²) in [6.07, 6.45) is 3.05. The quantitative estimate of drug-likeness (QED) is 0.523. The summed E-state index contributed by atoms with van der Waals surface area (Å²) >= 11 is 0. The number of rotatable bonds is 1. The normalized spacial score (nSPS) is 9.30. The van der Waals surface area contributed by atoms with Gasteiger partial charge >= 0.3 is 12.4 Å². The maximum absolute atomic E-state index is 10.2. The van der Waals surface area contributed by atoms with Gasteiger partial charge < -0.3 is 10.2 Å². The number of oxazole rings is 1. The molecular formula is C5H8N3O2+. The number of aryl methyl sites for hydroxylation is 1. The fourth-order valence-corrected chi connectivity index (χ4v) is 0.569. The molecule has 5 nitrogen and oxygen atoms in total. The third kappa shape index (κ3) is 1.48. The second-order valence-corrected chi connectivity index (χ2v) is 1.87. The van der Waals surface area contributed by atoms with E-state index in [1.807, 2.05) is 0 Å². The lowest BCUT2D eigenvalue weighted by atomic mass is 10.7. The van der Waals surface area contributed by atoms with Crippen molar-refractivity contribution in [2.24, 2.45) is 12.8 Å². The number of hydrogen-bond donors (Lipinski definition) is 2. The topological polar surface area (TPSA) is 72.1 Å². The lowest BCUT2D eigenvalue weighted by Crippen LogP contribution is -2.24. The second-order valence-electron chi connectivity index (χ2n) is 1.87. The van der Waals surface area contributed by atoms with Gasteiger partial charge in [-0.05, 0) is 0 Å². The molecule has 1 aromatic heterocycles. The number of carbonyl (C=O) groups excluding carboxylic acids is 1. The largest absolute Gasteiger partial charge is 0.387 e. The lowest BCUT2D eigenvalue weighted by Gasteiger charge is -1.88. The molecule has 1 rings (SSSR count). The van der Waals surface area contributed by atoms with Crippen LogP contribution in [0.4, 0.5) is 10.7 Å². The molecule has 0 aliphatic heterocycles. The first-order chi connectivity index (χ1) is 4.68. The predicted molar refractivity (Wildman–Crippen MR) is 33.1 cm³/mol. The van der Waals surface area contributed by atoms with Gasteiger partial charge in [0.05, 0.1) is 0 Å². The Morgan fingerprint density at radius 1 is 1.90 bits per heavy atom. The molecule has 0 aromatic carbocycles. The van der Waals surface area contributed by atoms with Crippen LogP contribution in [0, 0.1) is 0 Å². The first-order valence-corrected chi connectivity index (χ1v) is 2.68. The minimum Gasteiger partial charge on any atom is -0.387 e. The van der Waals surface area contributed by atoms with Crippen molar-refractivity contribution in [3.63, 3.8) is 0 Å². The maximum Gasteiger partial charge on any atom is 0.336 e. The zero-order chi connectivity index (χ0) is 7.56. The molecule has 1 aromatic rings. The fourth-order valence-electron chi connectivity index (χ4n) is 0.569. The molecule has 0 unspecified atom stereocenters. The molecule has 1 heterocycles. The number of nitrogens with two attached hydrogens (primary N) is 1. The van der Waals surface area contributed by atoms with E-state index >= 15 is 0 Å². The maximum atomic E-state index is 10.2. The monoisotopic (exact) mass is 142 g/mol. The Labute approximate surface area is 57.4 Å². The Bertz CT molecular complexity index is 243. The van der Waals surface area contributed by atoms with Gasteiger partial charge in [-0.1, -0.05) is 0 Å². The summed E-state index contributed by atoms with van der Waals surface area (Å²) in [5, 5.41) is 2.28. The first kappa shape index (κ1) is 6.60. The number of urea groups is 1. The molecule has 0 bridgehead atoms. The molecule has 10 heavy (non-hydrogen) atoms. The van der Waals surface area contributed by atoms with E-state index in [1.54, 1.807) is 17.8 Å². The Morgan fingerprint density at radius 2 is 2.60 bits per heavy atom. The zero-order valence-electron chi connectivity index (χ0n) is 5.50. The van der Waals surface area contributed by atoms with Crippen molar-refractivity contribution in [3.8, 4) is 0 Å². The van der Waals surface area contributed by atoms with Crippen LogP contribution in [0.25, 0.3) is 0 Å². The smallest absolute Gasteiger partial charge is 0.336 e. The molecule has 0 aliphatic rings. The van der Waals surface area contributed by atoms with E-state index in [0.29, 0.717) is 5.88 Å². The van der Waals surface area contributed by atoms with Crippen LogP contribution in [0.1, 0.15) is 0 Å². The van der Waals surface area contributed by atoms with Crippen LogP contribution < -0.4 is 15.6 Å². The number of aromatic nitrogens is 1. The van der Waals surface area contributed by atoms with Crippen molar-refractivity contribution in [1.82, 2.24) is 0 Å². The van der Waals surface area contributed by atoms with Crippen molar-refractivity contribution >= 4 is 11.9 Å². The summed E-state index contributed by atoms with van der Waals surface area (Å²) in [7, 11) is 1.77. The molecule has 5 heteroatoms. The van der Waals surface area contributed by atoms with E-state index in [9.17, 15) is 4.79 Å². The number of primary amides is 1. The third-order valence-corrected chi connectivity index (χ3v) is 0.913. The van der Waals surface area contributed by atoms with Crippen molar-refractivity contribution in [2.45, 2.75) is 0 Å². The van der Waals surface area contributed by atoms with E-state index < -0.39 is 6.03 Å². The molecule has 3 N–H and O–H groups in total. The third-order valence-electron chi connectivity index (χ3n) is 0.913. The van der Waals surface area contributed by atoms with Gasteiger partial charge in [0.2, 0.25) is 6.20 Å². The van der Waals surface area contributed by atoms with Crippen LogP contribution >= 0.6 is 0 Å². The van der Waals surface area contributed by atoms with E-state index in [-0.39, 0.29) is 0 Å². The number of nitrogens with one attached hydrogen (secondary N) is 1. The summed E-state index contributed by atoms with van der Waals surface area (Å²) in [6, 6.07) is -0.630. The van der Waals surface area contributed by atoms with Crippen LogP contribution in [0.15, 0.2) is 17.0 Å². The van der Waals surface area contributed by atoms with Crippen LogP contribution in [-0.4, -0.2) is 6.03 Å². The van der Waals surface area contributed by atoms with Crippen molar-refractivity contribution in [2.75, 3.05) is 5.32 Å². The van der Waals surface area contributed by atoms with E-state index in [2.05, 4.69) is 5.32 Å². The average Bonchev–Trinajstić information content (AvgIpc) is 2.13. The van der Waals surface area contributed by atoms with Gasteiger partial charge in [-0.2, -0.15) is 4.57 Å². The zero-order valence-corrected chi connectivity index (χ0v) is 5.50. The van der Waals surface area contributed by atoms with Crippen molar-refractivity contribution in [1.29, 1.82) is 0 Å². The highest BCUT2D eigenvalue weighted by Gasteiger charge is 2.04. The predicted octanol–water partition coefficient (Wildman–Crippen LogP) is -0.405. The molecule has 0 radical (unpaired) electrons. The number of carbonyl (C=O) groups is 1. The van der Waals surface area contributed by atoms with Gasteiger partial charge in [0.25, 0.3) is 5.88 Å². The molecule has 0 aliphatic carbocycles. The number of hydrogen-bond acceptors (Lipinski definition) is 2. The molecule has 0 saturated carbocycles. The minimum absolute atomic E-state index is 0.343. The van der Waals surface area contributed by atoms with E-state index in [4.69, 9.17) is 10.2 Å². The Morgan fingerprint density at radius 3 is 3.00 bits per heavy atom. The van der Waals surface area contributed by atoms with E-state index in [1.165, 1.54) is 6.39 Å². The van der Waals surface area contributed by atoms with E-state index in [0.717, 1.165) is 0 Å². The van der Waals surface area contributed by atoms with Crippen molar-refractivity contribution < 1.29 is 13.8 Å². The molecule has 2 amide bonds. The van der Waals surface area contributed by atoms with Crippen LogP contribution in [0.2, 0.25) is 0 Å². The van der Waals surface area contributed by atoms with Crippen LogP contribution in [0.3, 0.4) is 0 Å². The highest BCUT2D eigenvalue weighted by Crippen LogP contribution is 1.99. The lowest BCUT2D eigenvalue weighted by molar-refractivity contribution is -0.674. The number of anilines is 1. The van der Waals surface area contributed by atoms with Gasteiger partial charge in [0.1, 0.15) is 7.05 Å². The molecule has 0 saturated heterocycles. The van der Waals surface area contributed by atoms with Gasteiger partial charge in [-0.15, -0.1) is 0 Å². The Balaban J connectivity index is 2.67. The van der Waals surface area contributed by atoms with Gasteiger partial charge in [0.15, 0.2) is 0 Å².